The lowest BCUT2D eigenvalue weighted by Gasteiger charge is -2.27. The van der Waals surface area contributed by atoms with Gasteiger partial charge in [0.05, 0.1) is 9.82 Å². The van der Waals surface area contributed by atoms with Crippen LogP contribution in [0, 0.1) is 10.1 Å². The lowest BCUT2D eigenvalue weighted by atomic mass is 10.1. The van der Waals surface area contributed by atoms with E-state index < -0.39 is 14.9 Å². The van der Waals surface area contributed by atoms with E-state index in [4.69, 9.17) is 5.73 Å². The molecule has 0 aliphatic carbocycles. The first-order valence-corrected chi connectivity index (χ1v) is 8.35. The monoisotopic (exact) mass is 313 g/mol. The lowest BCUT2D eigenvalue weighted by Crippen LogP contribution is -2.42. The first kappa shape index (κ1) is 15.9. The molecule has 1 aliphatic rings. The highest BCUT2D eigenvalue weighted by atomic mass is 32.2. The van der Waals surface area contributed by atoms with E-state index >= 15 is 0 Å². The number of benzene rings is 1. The van der Waals surface area contributed by atoms with Crippen LogP contribution in [-0.4, -0.2) is 36.8 Å². The summed E-state index contributed by atoms with van der Waals surface area (Å²) < 4.78 is 26.5. The van der Waals surface area contributed by atoms with Gasteiger partial charge in [0, 0.05) is 31.3 Å². The standard InChI is InChI=1S/C13H19N3O4S/c14-11-4-2-1-3-9-15(10-11)21(19,20)13-7-5-12(6-8-13)16(17)18/h5-8,11H,1-4,9-10,14H2. The van der Waals surface area contributed by atoms with Crippen molar-refractivity contribution in [2.75, 3.05) is 13.1 Å². The van der Waals surface area contributed by atoms with E-state index in [1.165, 1.54) is 28.6 Å². The molecule has 1 aromatic carbocycles. The zero-order chi connectivity index (χ0) is 15.5. The summed E-state index contributed by atoms with van der Waals surface area (Å²) in [5.74, 6) is 0. The molecule has 0 spiro atoms. The Bertz CT molecular complexity index is 600. The second-order valence-corrected chi connectivity index (χ2v) is 7.16. The Morgan fingerprint density at radius 3 is 2.48 bits per heavy atom. The van der Waals surface area contributed by atoms with Crippen LogP contribution in [0.2, 0.25) is 0 Å². The molecule has 1 saturated heterocycles. The number of nitro groups is 1. The molecule has 1 atom stereocenters. The predicted molar refractivity (Wildman–Crippen MR) is 78.3 cm³/mol. The second kappa shape index (κ2) is 6.50. The highest BCUT2D eigenvalue weighted by Crippen LogP contribution is 2.22. The molecule has 2 N–H and O–H groups in total. The van der Waals surface area contributed by atoms with Crippen LogP contribution in [0.25, 0.3) is 0 Å². The summed E-state index contributed by atoms with van der Waals surface area (Å²) in [5, 5.41) is 10.6. The van der Waals surface area contributed by atoms with Crippen molar-refractivity contribution in [3.05, 3.63) is 34.4 Å². The van der Waals surface area contributed by atoms with Crippen molar-refractivity contribution in [3.63, 3.8) is 0 Å². The molecular weight excluding hydrogens is 294 g/mol. The summed E-state index contributed by atoms with van der Waals surface area (Å²) in [6.45, 7) is 0.729. The van der Waals surface area contributed by atoms with Crippen molar-refractivity contribution < 1.29 is 13.3 Å². The largest absolute Gasteiger partial charge is 0.327 e. The minimum atomic E-state index is -3.65. The SMILES string of the molecule is NC1CCCCCN(S(=O)(=O)c2ccc([N+](=O)[O-])cc2)C1. The van der Waals surface area contributed by atoms with Gasteiger partial charge < -0.3 is 5.73 Å². The molecule has 1 heterocycles. The smallest absolute Gasteiger partial charge is 0.269 e. The summed E-state index contributed by atoms with van der Waals surface area (Å²) in [7, 11) is -3.65. The van der Waals surface area contributed by atoms with Crippen molar-refractivity contribution in [3.8, 4) is 0 Å². The molecule has 0 aromatic heterocycles. The molecule has 7 nitrogen and oxygen atoms in total. The summed E-state index contributed by atoms with van der Waals surface area (Å²) in [6, 6.07) is 4.79. The molecule has 8 heteroatoms. The molecule has 2 rings (SSSR count). The van der Waals surface area contributed by atoms with Crippen molar-refractivity contribution in [1.82, 2.24) is 4.31 Å². The van der Waals surface area contributed by atoms with Gasteiger partial charge >= 0.3 is 0 Å². The van der Waals surface area contributed by atoms with Gasteiger partial charge in [-0.2, -0.15) is 4.31 Å². The van der Waals surface area contributed by atoms with Gasteiger partial charge in [-0.05, 0) is 25.0 Å². The van der Waals surface area contributed by atoms with Gasteiger partial charge in [0.2, 0.25) is 10.0 Å². The fourth-order valence-electron chi connectivity index (χ4n) is 2.42. The number of sulfonamides is 1. The van der Waals surface area contributed by atoms with Crippen LogP contribution in [0.4, 0.5) is 5.69 Å². The van der Waals surface area contributed by atoms with Crippen molar-refractivity contribution in [2.24, 2.45) is 5.73 Å². The molecule has 1 fully saturated rings. The first-order chi connectivity index (χ1) is 9.91. The number of non-ortho nitro benzene ring substituents is 1. The van der Waals surface area contributed by atoms with Gasteiger partial charge in [0.1, 0.15) is 0 Å². The Labute approximate surface area is 123 Å². The van der Waals surface area contributed by atoms with E-state index in [-0.39, 0.29) is 16.6 Å². The van der Waals surface area contributed by atoms with Gasteiger partial charge in [-0.3, -0.25) is 10.1 Å². The maximum absolute atomic E-state index is 12.6. The van der Waals surface area contributed by atoms with Gasteiger partial charge in [0.25, 0.3) is 5.69 Å². The summed E-state index contributed by atoms with van der Waals surface area (Å²) in [4.78, 5) is 10.1. The lowest BCUT2D eigenvalue weighted by molar-refractivity contribution is -0.384. The first-order valence-electron chi connectivity index (χ1n) is 6.91. The second-order valence-electron chi connectivity index (χ2n) is 5.22. The number of nitrogens with zero attached hydrogens (tertiary/aromatic N) is 2. The van der Waals surface area contributed by atoms with Crippen LogP contribution in [0.3, 0.4) is 0 Å². The molecule has 0 saturated carbocycles. The van der Waals surface area contributed by atoms with Crippen LogP contribution in [0.1, 0.15) is 25.7 Å². The zero-order valence-corrected chi connectivity index (χ0v) is 12.5. The summed E-state index contributed by atoms with van der Waals surface area (Å²) >= 11 is 0. The Hall–Kier alpha value is -1.51. The molecule has 0 amide bonds. The minimum Gasteiger partial charge on any atom is -0.327 e. The number of rotatable bonds is 3. The van der Waals surface area contributed by atoms with Crippen LogP contribution < -0.4 is 5.73 Å². The average Bonchev–Trinajstić information content (AvgIpc) is 2.42. The van der Waals surface area contributed by atoms with E-state index in [1.54, 1.807) is 0 Å². The Kier molecular flexibility index (Phi) is 4.92. The highest BCUT2D eigenvalue weighted by molar-refractivity contribution is 7.89. The third kappa shape index (κ3) is 3.78. The molecular formula is C13H19N3O4S. The minimum absolute atomic E-state index is 0.0703. The van der Waals surface area contributed by atoms with Gasteiger partial charge in [0.15, 0.2) is 0 Å². The van der Waals surface area contributed by atoms with Crippen LogP contribution in [-0.2, 0) is 10.0 Å². The Morgan fingerprint density at radius 1 is 1.19 bits per heavy atom. The molecule has 1 unspecified atom stereocenters. The fraction of sp³-hybridized carbons (Fsp3) is 0.538. The highest BCUT2D eigenvalue weighted by Gasteiger charge is 2.27. The van der Waals surface area contributed by atoms with Gasteiger partial charge in [-0.1, -0.05) is 12.8 Å². The Morgan fingerprint density at radius 2 is 1.86 bits per heavy atom. The molecule has 1 aromatic rings. The topological polar surface area (TPSA) is 107 Å². The third-order valence-electron chi connectivity index (χ3n) is 3.61. The van der Waals surface area contributed by atoms with E-state index in [0.717, 1.165) is 25.7 Å². The van der Waals surface area contributed by atoms with Gasteiger partial charge in [-0.25, -0.2) is 8.42 Å². The fourth-order valence-corrected chi connectivity index (χ4v) is 3.96. The molecule has 0 bridgehead atoms. The number of nitrogens with two attached hydrogens (primary N) is 1. The maximum atomic E-state index is 12.6. The quantitative estimate of drug-likeness (QED) is 0.672. The van der Waals surface area contributed by atoms with Crippen molar-refractivity contribution in [1.29, 1.82) is 0 Å². The number of hydrogen-bond donors (Lipinski definition) is 1. The molecule has 116 valence electrons. The normalized spacial score (nSPS) is 21.5. The third-order valence-corrected chi connectivity index (χ3v) is 5.49. The van der Waals surface area contributed by atoms with Crippen LogP contribution in [0.5, 0.6) is 0 Å². The van der Waals surface area contributed by atoms with Crippen LogP contribution >= 0.6 is 0 Å². The number of hydrogen-bond acceptors (Lipinski definition) is 5. The van der Waals surface area contributed by atoms with E-state index in [0.29, 0.717) is 13.1 Å². The summed E-state index contributed by atoms with van der Waals surface area (Å²) in [5.41, 5.74) is 5.81. The van der Waals surface area contributed by atoms with Crippen molar-refractivity contribution >= 4 is 15.7 Å². The van der Waals surface area contributed by atoms with Crippen molar-refractivity contribution in [2.45, 2.75) is 36.6 Å². The maximum Gasteiger partial charge on any atom is 0.269 e. The predicted octanol–water partition coefficient (Wildman–Crippen LogP) is 1.49. The molecule has 0 radical (unpaired) electrons. The van der Waals surface area contributed by atoms with E-state index in [9.17, 15) is 18.5 Å². The average molecular weight is 313 g/mol. The van der Waals surface area contributed by atoms with E-state index in [1.807, 2.05) is 0 Å². The van der Waals surface area contributed by atoms with Gasteiger partial charge in [-0.15, -0.1) is 0 Å². The molecule has 1 aliphatic heterocycles. The van der Waals surface area contributed by atoms with Crippen LogP contribution in [0.15, 0.2) is 29.2 Å². The van der Waals surface area contributed by atoms with E-state index in [2.05, 4.69) is 0 Å². The zero-order valence-electron chi connectivity index (χ0n) is 11.6. The Balaban J connectivity index is 2.24. The number of nitro benzene ring substituents is 1. The molecule has 21 heavy (non-hydrogen) atoms. The summed E-state index contributed by atoms with van der Waals surface area (Å²) in [6.07, 6.45) is 3.60.